The fourth-order valence-corrected chi connectivity index (χ4v) is 2.67. The van der Waals surface area contributed by atoms with Gasteiger partial charge in [-0.15, -0.1) is 0 Å². The van der Waals surface area contributed by atoms with Crippen molar-refractivity contribution in [3.63, 3.8) is 0 Å². The molecule has 0 aliphatic carbocycles. The lowest BCUT2D eigenvalue weighted by Crippen LogP contribution is -2.33. The number of nitrogens with zero attached hydrogens (tertiary/aromatic N) is 1. The molecular formula is C14H18F3N. The molecule has 1 aliphatic heterocycles. The van der Waals surface area contributed by atoms with Gasteiger partial charge < -0.3 is 4.90 Å². The molecule has 1 aromatic carbocycles. The molecule has 0 saturated carbocycles. The van der Waals surface area contributed by atoms with Gasteiger partial charge in [-0.1, -0.05) is 25.1 Å². The topological polar surface area (TPSA) is 3.24 Å². The van der Waals surface area contributed by atoms with Crippen LogP contribution in [-0.2, 0) is 6.18 Å². The summed E-state index contributed by atoms with van der Waals surface area (Å²) in [7, 11) is 0. The van der Waals surface area contributed by atoms with E-state index in [9.17, 15) is 13.2 Å². The Morgan fingerprint density at radius 1 is 1.17 bits per heavy atom. The minimum Gasteiger partial charge on any atom is -0.304 e. The highest BCUT2D eigenvalue weighted by molar-refractivity contribution is 5.33. The normalized spacial score (nSPS) is 19.1. The standard InChI is InChI=1S/C14H18F3N/c1-2-18-9-7-11(8-10-18)12-5-3-4-6-13(12)14(15,16)17/h3-6,11H,2,7-10H2,1H3. The van der Waals surface area contributed by atoms with E-state index in [1.54, 1.807) is 12.1 Å². The van der Waals surface area contributed by atoms with Crippen molar-refractivity contribution in [3.8, 4) is 0 Å². The zero-order chi connectivity index (χ0) is 13.2. The summed E-state index contributed by atoms with van der Waals surface area (Å²) in [6, 6.07) is 6.00. The lowest BCUT2D eigenvalue weighted by atomic mass is 9.86. The Morgan fingerprint density at radius 3 is 2.33 bits per heavy atom. The number of benzene rings is 1. The second-order valence-corrected chi connectivity index (χ2v) is 4.79. The lowest BCUT2D eigenvalue weighted by molar-refractivity contribution is -0.138. The van der Waals surface area contributed by atoms with Gasteiger partial charge in [0.2, 0.25) is 0 Å². The molecule has 1 aromatic rings. The van der Waals surface area contributed by atoms with Gasteiger partial charge in [-0.3, -0.25) is 0 Å². The van der Waals surface area contributed by atoms with E-state index >= 15 is 0 Å². The second kappa shape index (κ2) is 5.31. The number of likely N-dealkylation sites (tertiary alicyclic amines) is 1. The van der Waals surface area contributed by atoms with E-state index in [0.29, 0.717) is 5.56 Å². The lowest BCUT2D eigenvalue weighted by Gasteiger charge is -2.32. The summed E-state index contributed by atoms with van der Waals surface area (Å²) in [4.78, 5) is 2.28. The maximum absolute atomic E-state index is 12.9. The fraction of sp³-hybridized carbons (Fsp3) is 0.571. The predicted octanol–water partition coefficient (Wildman–Crippen LogP) is 3.90. The van der Waals surface area contributed by atoms with Crippen LogP contribution < -0.4 is 0 Å². The van der Waals surface area contributed by atoms with Gasteiger partial charge in [0.05, 0.1) is 5.56 Å². The van der Waals surface area contributed by atoms with Gasteiger partial charge in [0, 0.05) is 0 Å². The Morgan fingerprint density at radius 2 is 1.78 bits per heavy atom. The van der Waals surface area contributed by atoms with Crippen LogP contribution >= 0.6 is 0 Å². The molecule has 0 aromatic heterocycles. The van der Waals surface area contributed by atoms with Crippen molar-refractivity contribution in [2.75, 3.05) is 19.6 Å². The van der Waals surface area contributed by atoms with Crippen molar-refractivity contribution in [2.45, 2.75) is 31.9 Å². The number of hydrogen-bond acceptors (Lipinski definition) is 1. The highest BCUT2D eigenvalue weighted by Gasteiger charge is 2.35. The third-order valence-corrected chi connectivity index (χ3v) is 3.74. The van der Waals surface area contributed by atoms with Crippen molar-refractivity contribution < 1.29 is 13.2 Å². The first-order valence-corrected chi connectivity index (χ1v) is 6.41. The van der Waals surface area contributed by atoms with Gasteiger partial charge in [-0.25, -0.2) is 0 Å². The molecule has 1 heterocycles. The molecule has 0 bridgehead atoms. The van der Waals surface area contributed by atoms with Gasteiger partial charge in [0.25, 0.3) is 0 Å². The summed E-state index contributed by atoms with van der Waals surface area (Å²) < 4.78 is 38.8. The van der Waals surface area contributed by atoms with Crippen LogP contribution in [0.15, 0.2) is 24.3 Å². The monoisotopic (exact) mass is 257 g/mol. The first kappa shape index (κ1) is 13.4. The summed E-state index contributed by atoms with van der Waals surface area (Å²) in [6.45, 7) is 4.86. The summed E-state index contributed by atoms with van der Waals surface area (Å²) in [5.41, 5.74) is 0.0145. The van der Waals surface area contributed by atoms with Gasteiger partial charge in [0.15, 0.2) is 0 Å². The average molecular weight is 257 g/mol. The molecule has 2 rings (SSSR count). The number of piperidine rings is 1. The summed E-state index contributed by atoms with van der Waals surface area (Å²) >= 11 is 0. The van der Waals surface area contributed by atoms with Crippen molar-refractivity contribution in [1.29, 1.82) is 0 Å². The molecule has 0 N–H and O–H groups in total. The Balaban J connectivity index is 2.19. The molecule has 0 atom stereocenters. The third kappa shape index (κ3) is 2.86. The minimum atomic E-state index is -4.24. The molecule has 0 amide bonds. The Hall–Kier alpha value is -1.03. The SMILES string of the molecule is CCN1CCC(c2ccccc2C(F)(F)F)CC1. The largest absolute Gasteiger partial charge is 0.416 e. The van der Waals surface area contributed by atoms with Crippen molar-refractivity contribution in [2.24, 2.45) is 0 Å². The van der Waals surface area contributed by atoms with Crippen molar-refractivity contribution in [1.82, 2.24) is 4.90 Å². The summed E-state index contributed by atoms with van der Waals surface area (Å²) in [6.07, 6.45) is -2.60. The number of rotatable bonds is 2. The molecular weight excluding hydrogens is 239 g/mol. The highest BCUT2D eigenvalue weighted by Crippen LogP contribution is 2.38. The molecule has 1 nitrogen and oxygen atoms in total. The summed E-state index contributed by atoms with van der Waals surface area (Å²) in [5, 5.41) is 0. The molecule has 1 aliphatic rings. The van der Waals surface area contributed by atoms with Crippen LogP contribution in [0.25, 0.3) is 0 Å². The summed E-state index contributed by atoms with van der Waals surface area (Å²) in [5.74, 6) is 0.0469. The van der Waals surface area contributed by atoms with E-state index in [1.165, 1.54) is 12.1 Å². The van der Waals surface area contributed by atoms with Gasteiger partial charge in [-0.05, 0) is 50.0 Å². The maximum Gasteiger partial charge on any atom is 0.416 e. The Kier molecular flexibility index (Phi) is 3.95. The zero-order valence-electron chi connectivity index (χ0n) is 10.5. The molecule has 0 spiro atoms. The smallest absolute Gasteiger partial charge is 0.304 e. The molecule has 4 heteroatoms. The second-order valence-electron chi connectivity index (χ2n) is 4.79. The van der Waals surface area contributed by atoms with Crippen LogP contribution in [0.1, 0.15) is 36.8 Å². The van der Waals surface area contributed by atoms with E-state index in [2.05, 4.69) is 11.8 Å². The van der Waals surface area contributed by atoms with Crippen LogP contribution in [0.2, 0.25) is 0 Å². The molecule has 0 radical (unpaired) electrons. The van der Waals surface area contributed by atoms with E-state index in [1.807, 2.05) is 0 Å². The first-order chi connectivity index (χ1) is 8.52. The van der Waals surface area contributed by atoms with Crippen LogP contribution in [0.4, 0.5) is 13.2 Å². The number of alkyl halides is 3. The zero-order valence-corrected chi connectivity index (χ0v) is 10.5. The Bertz CT molecular complexity index is 392. The van der Waals surface area contributed by atoms with E-state index < -0.39 is 11.7 Å². The van der Waals surface area contributed by atoms with E-state index in [4.69, 9.17) is 0 Å². The van der Waals surface area contributed by atoms with Crippen molar-refractivity contribution in [3.05, 3.63) is 35.4 Å². The minimum absolute atomic E-state index is 0.0469. The highest BCUT2D eigenvalue weighted by atomic mass is 19.4. The Labute approximate surface area is 106 Å². The van der Waals surface area contributed by atoms with Crippen LogP contribution in [0.3, 0.4) is 0 Å². The number of hydrogen-bond donors (Lipinski definition) is 0. The third-order valence-electron chi connectivity index (χ3n) is 3.74. The first-order valence-electron chi connectivity index (χ1n) is 6.41. The molecule has 0 unspecified atom stereocenters. The molecule has 1 saturated heterocycles. The average Bonchev–Trinajstić information content (AvgIpc) is 2.38. The van der Waals surface area contributed by atoms with E-state index in [-0.39, 0.29) is 5.92 Å². The van der Waals surface area contributed by atoms with E-state index in [0.717, 1.165) is 32.5 Å². The maximum atomic E-state index is 12.9. The molecule has 1 fully saturated rings. The van der Waals surface area contributed by atoms with Crippen molar-refractivity contribution >= 4 is 0 Å². The van der Waals surface area contributed by atoms with Gasteiger partial charge in [-0.2, -0.15) is 13.2 Å². The predicted molar refractivity (Wildman–Crippen MR) is 65.5 cm³/mol. The van der Waals surface area contributed by atoms with Crippen LogP contribution in [0.5, 0.6) is 0 Å². The van der Waals surface area contributed by atoms with Gasteiger partial charge in [0.1, 0.15) is 0 Å². The van der Waals surface area contributed by atoms with Crippen LogP contribution in [0, 0.1) is 0 Å². The van der Waals surface area contributed by atoms with Crippen LogP contribution in [-0.4, -0.2) is 24.5 Å². The fourth-order valence-electron chi connectivity index (χ4n) is 2.67. The molecule has 18 heavy (non-hydrogen) atoms. The quantitative estimate of drug-likeness (QED) is 0.776. The molecule has 100 valence electrons. The number of halogens is 3. The van der Waals surface area contributed by atoms with Gasteiger partial charge >= 0.3 is 6.18 Å².